The highest BCUT2D eigenvalue weighted by atomic mass is 31.3. The first-order valence-electron chi connectivity index (χ1n) is 8.37. The second kappa shape index (κ2) is 9.59. The third-order valence-electron chi connectivity index (χ3n) is 4.18. The van der Waals surface area contributed by atoms with E-state index in [4.69, 9.17) is 20.9 Å². The Labute approximate surface area is 182 Å². The lowest BCUT2D eigenvalue weighted by Crippen LogP contribution is -2.44. The molecule has 0 saturated carbocycles. The molecule has 0 spiro atoms. The number of rotatable bonds is 9. The van der Waals surface area contributed by atoms with E-state index in [1.54, 1.807) is 10.9 Å². The molecule has 7 atom stereocenters. The van der Waals surface area contributed by atoms with Crippen LogP contribution in [0.5, 0.6) is 0 Å². The Morgan fingerprint density at radius 3 is 2.39 bits per heavy atom. The first kappa shape index (κ1) is 27.7. The van der Waals surface area contributed by atoms with Crippen molar-refractivity contribution in [1.29, 1.82) is 0 Å². The SMILES string of the molecule is C#CC1(F)C(CO)[C@@H]([C@H](C)OP(=O)(O)OP(=O)(O)OP(=O)(O)O)O[C@H]1n1cnc(=O)[nH]c1=O. The molecule has 1 aromatic rings. The molecule has 1 fully saturated rings. The van der Waals surface area contributed by atoms with E-state index in [-0.39, 0.29) is 0 Å². The summed E-state index contributed by atoms with van der Waals surface area (Å²) in [5.41, 5.74) is -5.23. The fourth-order valence-electron chi connectivity index (χ4n) is 2.98. The number of hydrogen-bond donors (Lipinski definition) is 6. The van der Waals surface area contributed by atoms with Crippen molar-refractivity contribution in [2.75, 3.05) is 6.61 Å². The standard InChI is InChI=1S/C12H17FN3O14P3/c1-3-12(13)7(4-17)8(27-9(12)16-5-14-10(18)15-11(16)19)6(2)28-32(23,24)30-33(25,26)29-31(20,21)22/h1,5-9,17H,4H2,2H3,(H,23,24)(H,25,26)(H,15,18,19)(H2,20,21,22)/t6-,7?,8+,9+,12?/m0/s1. The number of alkyl halides is 1. The number of aliphatic hydroxyl groups is 1. The molecular formula is C12H17FN3O14P3. The van der Waals surface area contributed by atoms with E-state index in [2.05, 4.69) is 18.1 Å². The summed E-state index contributed by atoms with van der Waals surface area (Å²) >= 11 is 0. The second-order valence-corrected chi connectivity index (χ2v) is 10.8. The number of aliphatic hydroxyl groups excluding tert-OH is 1. The van der Waals surface area contributed by atoms with E-state index in [9.17, 15) is 38.2 Å². The zero-order valence-corrected chi connectivity index (χ0v) is 18.9. The predicted molar refractivity (Wildman–Crippen MR) is 101 cm³/mol. The molecule has 2 rings (SSSR count). The molecule has 21 heteroatoms. The molecule has 0 bridgehead atoms. The molecule has 2 heterocycles. The number of halogens is 1. The lowest BCUT2D eigenvalue weighted by atomic mass is 9.85. The van der Waals surface area contributed by atoms with Crippen LogP contribution in [0.3, 0.4) is 0 Å². The van der Waals surface area contributed by atoms with Gasteiger partial charge in [0, 0.05) is 0 Å². The van der Waals surface area contributed by atoms with Gasteiger partial charge in [0.1, 0.15) is 6.33 Å². The molecule has 1 aromatic heterocycles. The predicted octanol–water partition coefficient (Wildman–Crippen LogP) is -1.49. The summed E-state index contributed by atoms with van der Waals surface area (Å²) < 4.78 is 67.3. The Hall–Kier alpha value is -1.57. The van der Waals surface area contributed by atoms with Crippen molar-refractivity contribution in [3.05, 3.63) is 27.3 Å². The van der Waals surface area contributed by atoms with Crippen LogP contribution in [0.1, 0.15) is 13.2 Å². The van der Waals surface area contributed by atoms with Crippen LogP contribution in [0.15, 0.2) is 15.9 Å². The molecule has 6 N–H and O–H groups in total. The number of H-pyrrole nitrogens is 1. The average molecular weight is 539 g/mol. The van der Waals surface area contributed by atoms with Gasteiger partial charge in [-0.1, -0.05) is 5.92 Å². The molecule has 0 amide bonds. The van der Waals surface area contributed by atoms with E-state index in [1.165, 1.54) is 0 Å². The Morgan fingerprint density at radius 2 is 1.91 bits per heavy atom. The van der Waals surface area contributed by atoms with E-state index in [0.717, 1.165) is 6.92 Å². The van der Waals surface area contributed by atoms with Crippen molar-refractivity contribution in [2.45, 2.75) is 31.0 Å². The summed E-state index contributed by atoms with van der Waals surface area (Å²) in [6, 6.07) is 0. The number of ether oxygens (including phenoxy) is 1. The molecule has 0 aliphatic carbocycles. The fraction of sp³-hybridized carbons (Fsp3) is 0.583. The van der Waals surface area contributed by atoms with Gasteiger partial charge in [-0.15, -0.1) is 6.42 Å². The van der Waals surface area contributed by atoms with Crippen molar-refractivity contribution >= 4 is 23.5 Å². The average Bonchev–Trinajstić information content (AvgIpc) is 2.91. The Balaban J connectivity index is 2.33. The number of nitrogens with one attached hydrogen (secondary N) is 1. The summed E-state index contributed by atoms with van der Waals surface area (Å²) in [5, 5.41) is 9.66. The Bertz CT molecular complexity index is 1190. The summed E-state index contributed by atoms with van der Waals surface area (Å²) in [4.78, 5) is 64.1. The number of phosphoric ester groups is 1. The van der Waals surface area contributed by atoms with Crippen LogP contribution in [0, 0.1) is 18.3 Å². The first-order valence-corrected chi connectivity index (χ1v) is 12.9. The number of hydrogen-bond acceptors (Lipinski definition) is 11. The maximum atomic E-state index is 15.6. The van der Waals surface area contributed by atoms with Crippen molar-refractivity contribution in [2.24, 2.45) is 5.92 Å². The quantitative estimate of drug-likeness (QED) is 0.154. The fourth-order valence-corrected chi connectivity index (χ4v) is 6.18. The maximum absolute atomic E-state index is 15.6. The Kier molecular flexibility index (Phi) is 8.04. The molecule has 1 aliphatic heterocycles. The first-order chi connectivity index (χ1) is 14.9. The van der Waals surface area contributed by atoms with E-state index in [1.807, 2.05) is 0 Å². The van der Waals surface area contributed by atoms with Crippen LogP contribution in [0.25, 0.3) is 0 Å². The van der Waals surface area contributed by atoms with Crippen LogP contribution in [-0.2, 0) is 31.6 Å². The summed E-state index contributed by atoms with van der Waals surface area (Å²) in [5.74, 6) is -0.0254. The second-order valence-electron chi connectivity index (χ2n) is 6.44. The van der Waals surface area contributed by atoms with Gasteiger partial charge in [-0.25, -0.2) is 27.7 Å². The van der Waals surface area contributed by atoms with Crippen LogP contribution < -0.4 is 11.4 Å². The van der Waals surface area contributed by atoms with Gasteiger partial charge in [0.25, 0.3) is 0 Å². The third kappa shape index (κ3) is 6.52. The van der Waals surface area contributed by atoms with E-state index in [0.29, 0.717) is 10.9 Å². The number of phosphoric acid groups is 3. The zero-order valence-electron chi connectivity index (χ0n) is 16.2. The van der Waals surface area contributed by atoms with Gasteiger partial charge in [-0.2, -0.15) is 13.6 Å². The van der Waals surface area contributed by atoms with Crippen molar-refractivity contribution in [1.82, 2.24) is 14.5 Å². The molecule has 1 saturated heterocycles. The maximum Gasteiger partial charge on any atom is 0.490 e. The lowest BCUT2D eigenvalue weighted by molar-refractivity contribution is -0.0748. The number of terminal acetylenes is 1. The van der Waals surface area contributed by atoms with E-state index >= 15 is 4.39 Å². The monoisotopic (exact) mass is 539 g/mol. The summed E-state index contributed by atoms with van der Waals surface area (Å²) in [6.45, 7) is -0.101. The van der Waals surface area contributed by atoms with Gasteiger partial charge in [0.05, 0.1) is 24.7 Å². The minimum Gasteiger partial charge on any atom is -0.396 e. The summed E-state index contributed by atoms with van der Waals surface area (Å²) in [7, 11) is -17.1. The smallest absolute Gasteiger partial charge is 0.396 e. The van der Waals surface area contributed by atoms with Crippen molar-refractivity contribution in [3.8, 4) is 12.3 Å². The number of aromatic amines is 1. The van der Waals surface area contributed by atoms with Crippen LogP contribution in [-0.4, -0.2) is 63.7 Å². The van der Waals surface area contributed by atoms with Crippen LogP contribution in [0.2, 0.25) is 0 Å². The molecule has 186 valence electrons. The third-order valence-corrected chi connectivity index (χ3v) is 8.10. The molecule has 33 heavy (non-hydrogen) atoms. The molecule has 17 nitrogen and oxygen atoms in total. The van der Waals surface area contributed by atoms with Gasteiger partial charge >= 0.3 is 34.8 Å². The summed E-state index contributed by atoms with van der Waals surface area (Å²) in [6.07, 6.45) is 0.310. The highest BCUT2D eigenvalue weighted by molar-refractivity contribution is 7.66. The van der Waals surface area contributed by atoms with Crippen LogP contribution in [0.4, 0.5) is 4.39 Å². The zero-order chi connectivity index (χ0) is 25.4. The van der Waals surface area contributed by atoms with Gasteiger partial charge in [0.15, 0.2) is 6.23 Å². The molecule has 0 aromatic carbocycles. The van der Waals surface area contributed by atoms with Gasteiger partial charge in [-0.05, 0) is 6.92 Å². The van der Waals surface area contributed by atoms with Gasteiger partial charge in [-0.3, -0.25) is 14.1 Å². The minimum absolute atomic E-state index is 0.446. The normalized spacial score (nSPS) is 30.2. The number of nitrogens with zero attached hydrogens (tertiary/aromatic N) is 2. The highest BCUT2D eigenvalue weighted by Crippen LogP contribution is 2.67. The topological polar surface area (TPSA) is 257 Å². The molecule has 1 aliphatic rings. The van der Waals surface area contributed by atoms with Crippen LogP contribution >= 0.6 is 23.5 Å². The minimum atomic E-state index is -5.83. The van der Waals surface area contributed by atoms with Gasteiger partial charge < -0.3 is 29.4 Å². The molecule has 0 radical (unpaired) electrons. The lowest BCUT2D eigenvalue weighted by Gasteiger charge is -2.27. The highest BCUT2D eigenvalue weighted by Gasteiger charge is 2.60. The van der Waals surface area contributed by atoms with Crippen molar-refractivity contribution < 1.29 is 60.6 Å². The van der Waals surface area contributed by atoms with Crippen molar-refractivity contribution in [3.63, 3.8) is 0 Å². The van der Waals surface area contributed by atoms with E-state index < -0.39 is 71.5 Å². The van der Waals surface area contributed by atoms with Gasteiger partial charge in [0.2, 0.25) is 5.67 Å². The molecule has 4 unspecified atom stereocenters. The Morgan fingerprint density at radius 1 is 1.30 bits per heavy atom. The largest absolute Gasteiger partial charge is 0.490 e. The molecular weight excluding hydrogens is 522 g/mol. The number of aromatic nitrogens is 3.